The number of anilines is 2. The number of carbonyl (C=O) groups excluding carboxylic acids is 1. The van der Waals surface area contributed by atoms with Crippen molar-refractivity contribution in [1.82, 2.24) is 5.16 Å². The Morgan fingerprint density at radius 2 is 2.15 bits per heavy atom. The highest BCUT2D eigenvalue weighted by Crippen LogP contribution is 2.40. The van der Waals surface area contributed by atoms with Crippen molar-refractivity contribution in [2.24, 2.45) is 0 Å². The number of hydrogen-bond donors (Lipinski definition) is 0. The molecular formula is C18H19N3O4S. The second-order valence-corrected chi connectivity index (χ2v) is 7.85. The van der Waals surface area contributed by atoms with Gasteiger partial charge in [0.2, 0.25) is 0 Å². The number of thioether (sulfide) groups is 1. The van der Waals surface area contributed by atoms with Gasteiger partial charge in [-0.1, -0.05) is 0 Å². The second-order valence-electron chi connectivity index (χ2n) is 6.62. The summed E-state index contributed by atoms with van der Waals surface area (Å²) in [4.78, 5) is 16.6. The van der Waals surface area contributed by atoms with Gasteiger partial charge < -0.3 is 18.9 Å². The second kappa shape index (κ2) is 6.42. The summed E-state index contributed by atoms with van der Waals surface area (Å²) < 4.78 is 15.9. The third-order valence-electron chi connectivity index (χ3n) is 5.15. The molecule has 136 valence electrons. The highest BCUT2D eigenvalue weighted by atomic mass is 32.2. The van der Waals surface area contributed by atoms with E-state index >= 15 is 0 Å². The Hall–Kier alpha value is -2.35. The highest BCUT2D eigenvalue weighted by molar-refractivity contribution is 7.99. The topological polar surface area (TPSA) is 68.0 Å². The van der Waals surface area contributed by atoms with Gasteiger partial charge in [0.15, 0.2) is 6.10 Å². The molecule has 0 radical (unpaired) electrons. The molecule has 0 N–H and O–H groups in total. The predicted molar refractivity (Wildman–Crippen MR) is 98.2 cm³/mol. The fourth-order valence-corrected chi connectivity index (χ4v) is 4.77. The number of hydrogen-bond acceptors (Lipinski definition) is 7. The molecule has 8 heteroatoms. The number of amides is 1. The molecular weight excluding hydrogens is 354 g/mol. The van der Waals surface area contributed by atoms with Crippen LogP contribution >= 0.6 is 11.8 Å². The summed E-state index contributed by atoms with van der Waals surface area (Å²) >= 11 is 2.00. The third-order valence-corrected chi connectivity index (χ3v) is 6.09. The number of rotatable bonds is 4. The molecule has 0 bridgehead atoms. The summed E-state index contributed by atoms with van der Waals surface area (Å²) in [5, 5.41) is 3.73. The average molecular weight is 373 g/mol. The first-order chi connectivity index (χ1) is 12.8. The minimum Gasteiger partial charge on any atom is -0.471 e. The van der Waals surface area contributed by atoms with Crippen molar-refractivity contribution in [3.63, 3.8) is 0 Å². The Morgan fingerprint density at radius 3 is 2.96 bits per heavy atom. The highest BCUT2D eigenvalue weighted by Gasteiger charge is 2.48. The summed E-state index contributed by atoms with van der Waals surface area (Å²) in [5.74, 6) is 2.74. The third kappa shape index (κ3) is 2.68. The van der Waals surface area contributed by atoms with E-state index in [2.05, 4.69) is 28.3 Å². The first-order valence-electron chi connectivity index (χ1n) is 8.78. The Labute approximate surface area is 155 Å². The Bertz CT molecular complexity index is 807. The van der Waals surface area contributed by atoms with E-state index in [9.17, 15) is 4.79 Å². The van der Waals surface area contributed by atoms with E-state index in [4.69, 9.17) is 14.0 Å². The van der Waals surface area contributed by atoms with Crippen LogP contribution in [-0.2, 0) is 11.2 Å². The van der Waals surface area contributed by atoms with Gasteiger partial charge in [-0.25, -0.2) is 4.79 Å². The summed E-state index contributed by atoms with van der Waals surface area (Å²) in [6.07, 6.45) is 1.62. The summed E-state index contributed by atoms with van der Waals surface area (Å²) in [7, 11) is 0. The molecule has 0 aliphatic carbocycles. The van der Waals surface area contributed by atoms with Gasteiger partial charge in [-0.2, -0.15) is 11.8 Å². The van der Waals surface area contributed by atoms with Gasteiger partial charge >= 0.3 is 6.09 Å². The largest absolute Gasteiger partial charge is 0.471 e. The molecule has 3 aliphatic heterocycles. The fraction of sp³-hybridized carbons (Fsp3) is 0.444. The molecule has 26 heavy (non-hydrogen) atoms. The molecule has 2 saturated heterocycles. The van der Waals surface area contributed by atoms with Crippen molar-refractivity contribution in [3.05, 3.63) is 36.1 Å². The van der Waals surface area contributed by atoms with Gasteiger partial charge in [0.1, 0.15) is 12.9 Å². The number of benzene rings is 1. The van der Waals surface area contributed by atoms with Crippen LogP contribution in [0.3, 0.4) is 0 Å². The van der Waals surface area contributed by atoms with E-state index in [-0.39, 0.29) is 24.8 Å². The van der Waals surface area contributed by atoms with Gasteiger partial charge in [0.05, 0.1) is 11.7 Å². The molecule has 7 nitrogen and oxygen atoms in total. The van der Waals surface area contributed by atoms with E-state index in [0.717, 1.165) is 25.2 Å². The van der Waals surface area contributed by atoms with Crippen LogP contribution < -0.4 is 14.5 Å². The zero-order valence-corrected chi connectivity index (χ0v) is 15.0. The minimum atomic E-state index is -0.318. The average Bonchev–Trinajstić information content (AvgIpc) is 3.38. The Morgan fingerprint density at radius 1 is 1.27 bits per heavy atom. The number of carbonyl (C=O) groups is 1. The van der Waals surface area contributed by atoms with Crippen molar-refractivity contribution in [2.75, 3.05) is 41.0 Å². The Kier molecular flexibility index (Phi) is 3.92. The van der Waals surface area contributed by atoms with Gasteiger partial charge in [-0.3, -0.25) is 4.90 Å². The molecule has 0 unspecified atom stereocenters. The van der Waals surface area contributed by atoms with Gasteiger partial charge in [0, 0.05) is 36.3 Å². The summed E-state index contributed by atoms with van der Waals surface area (Å²) in [6, 6.07) is 8.00. The zero-order valence-electron chi connectivity index (χ0n) is 14.2. The lowest BCUT2D eigenvalue weighted by Gasteiger charge is -2.29. The van der Waals surface area contributed by atoms with E-state index in [0.29, 0.717) is 5.88 Å². The molecule has 3 aliphatic rings. The zero-order chi connectivity index (χ0) is 17.5. The summed E-state index contributed by atoms with van der Waals surface area (Å²) in [6.45, 7) is 2.42. The van der Waals surface area contributed by atoms with Crippen molar-refractivity contribution < 1.29 is 18.8 Å². The smallest absolute Gasteiger partial charge is 0.415 e. The van der Waals surface area contributed by atoms with E-state index < -0.39 is 0 Å². The SMILES string of the molecule is O=C1O[C@@H](COc2ccon2)[C@@H]2Cc3cc(N4CCSCC4)ccc3N12. The molecule has 2 fully saturated rings. The molecule has 0 saturated carbocycles. The number of cyclic esters (lactones) is 1. The van der Waals surface area contributed by atoms with Crippen LogP contribution in [0.2, 0.25) is 0 Å². The molecule has 1 amide bonds. The van der Waals surface area contributed by atoms with Gasteiger partial charge in [-0.05, 0) is 35.3 Å². The van der Waals surface area contributed by atoms with E-state index in [1.54, 1.807) is 11.0 Å². The van der Waals surface area contributed by atoms with Crippen molar-refractivity contribution in [2.45, 2.75) is 18.6 Å². The number of nitrogens with zero attached hydrogens (tertiary/aromatic N) is 3. The van der Waals surface area contributed by atoms with Gasteiger partial charge in [0.25, 0.3) is 5.88 Å². The number of ether oxygens (including phenoxy) is 2. The molecule has 2 atom stereocenters. The van der Waals surface area contributed by atoms with E-state index in [1.165, 1.54) is 29.0 Å². The van der Waals surface area contributed by atoms with E-state index in [1.807, 2.05) is 11.8 Å². The molecule has 0 spiro atoms. The van der Waals surface area contributed by atoms with Crippen molar-refractivity contribution in [1.29, 1.82) is 0 Å². The first kappa shape index (κ1) is 15.9. The number of aromatic nitrogens is 1. The van der Waals surface area contributed by atoms with Crippen LogP contribution in [0.5, 0.6) is 5.88 Å². The summed E-state index contributed by atoms with van der Waals surface area (Å²) in [5.41, 5.74) is 3.40. The van der Waals surface area contributed by atoms with Crippen LogP contribution in [0.4, 0.5) is 16.2 Å². The maximum Gasteiger partial charge on any atom is 0.415 e. The number of fused-ring (bicyclic) bond motifs is 3. The van der Waals surface area contributed by atoms with Gasteiger partial charge in [-0.15, -0.1) is 0 Å². The molecule has 1 aromatic carbocycles. The Balaban J connectivity index is 1.34. The van der Waals surface area contributed by atoms with Crippen LogP contribution in [0.25, 0.3) is 0 Å². The van der Waals surface area contributed by atoms with Crippen molar-refractivity contribution >= 4 is 29.2 Å². The van der Waals surface area contributed by atoms with Crippen LogP contribution in [0, 0.1) is 0 Å². The maximum atomic E-state index is 12.4. The normalized spacial score (nSPS) is 24.4. The standard InChI is InChI=1S/C18H19N3O4S/c22-18-21-14-2-1-13(20-4-7-26-8-5-20)9-12(14)10-15(21)16(25-18)11-23-17-3-6-24-19-17/h1-3,6,9,15-16H,4-5,7-8,10-11H2/t15-,16-/m0/s1. The predicted octanol–water partition coefficient (Wildman–Crippen LogP) is 2.56. The van der Waals surface area contributed by atoms with Crippen LogP contribution in [0.15, 0.2) is 35.1 Å². The van der Waals surface area contributed by atoms with Crippen LogP contribution in [0.1, 0.15) is 5.56 Å². The molecule has 5 rings (SSSR count). The minimum absolute atomic E-state index is 0.0310. The molecule has 1 aromatic heterocycles. The quantitative estimate of drug-likeness (QED) is 0.816. The lowest BCUT2D eigenvalue weighted by Crippen LogP contribution is -2.36. The maximum absolute atomic E-state index is 12.4. The fourth-order valence-electron chi connectivity index (χ4n) is 3.87. The van der Waals surface area contributed by atoms with Crippen LogP contribution in [-0.4, -0.2) is 54.6 Å². The lowest BCUT2D eigenvalue weighted by molar-refractivity contribution is 0.0886. The molecule has 4 heterocycles. The monoisotopic (exact) mass is 373 g/mol. The molecule has 2 aromatic rings. The lowest BCUT2D eigenvalue weighted by atomic mass is 10.1. The first-order valence-corrected chi connectivity index (χ1v) is 9.94. The van der Waals surface area contributed by atoms with Crippen molar-refractivity contribution in [3.8, 4) is 5.88 Å².